The molecule has 0 nitrogen and oxygen atoms in total. The molecule has 0 aliphatic rings. The summed E-state index contributed by atoms with van der Waals surface area (Å²) in [6, 6.07) is 6.84. The highest BCUT2D eigenvalue weighted by atomic mass is 14.2. The summed E-state index contributed by atoms with van der Waals surface area (Å²) in [5.41, 5.74) is 4.28. The average molecular weight is 216 g/mol. The van der Waals surface area contributed by atoms with E-state index in [4.69, 9.17) is 0 Å². The van der Waals surface area contributed by atoms with Crippen LogP contribution >= 0.6 is 0 Å². The maximum atomic E-state index is 3.87. The molecular weight excluding hydrogens is 192 g/mol. The van der Waals surface area contributed by atoms with Crippen molar-refractivity contribution in [1.29, 1.82) is 0 Å². The van der Waals surface area contributed by atoms with Crippen LogP contribution < -0.4 is 0 Å². The Morgan fingerprint density at radius 2 is 1.81 bits per heavy atom. The van der Waals surface area contributed by atoms with Crippen molar-refractivity contribution in [2.75, 3.05) is 0 Å². The van der Waals surface area contributed by atoms with Gasteiger partial charge in [-0.25, -0.2) is 0 Å². The molecule has 0 saturated carbocycles. The Hall–Kier alpha value is -1.04. The van der Waals surface area contributed by atoms with E-state index in [2.05, 4.69) is 59.4 Å². The largest absolute Gasteiger partial charge is 0.0985 e. The van der Waals surface area contributed by atoms with Crippen LogP contribution in [0.1, 0.15) is 51.3 Å². The van der Waals surface area contributed by atoms with E-state index < -0.39 is 0 Å². The predicted octanol–water partition coefficient (Wildman–Crippen LogP) is 4.83. The summed E-state index contributed by atoms with van der Waals surface area (Å²) in [5.74, 6) is 0.702. The Bertz CT molecular complexity index is 364. The SMILES string of the molecule is C=Cc1cc(CC(C)C)cc(C(C)(C)C)c1. The molecule has 1 aromatic carbocycles. The fourth-order valence-corrected chi connectivity index (χ4v) is 1.86. The molecule has 88 valence electrons. The molecule has 1 aromatic rings. The van der Waals surface area contributed by atoms with Gasteiger partial charge in [0.25, 0.3) is 0 Å². The summed E-state index contributed by atoms with van der Waals surface area (Å²) in [6.07, 6.45) is 3.09. The first-order valence-corrected chi connectivity index (χ1v) is 6.10. The van der Waals surface area contributed by atoms with Crippen molar-refractivity contribution in [3.63, 3.8) is 0 Å². The molecule has 0 aliphatic carbocycles. The summed E-state index contributed by atoms with van der Waals surface area (Å²) in [7, 11) is 0. The van der Waals surface area contributed by atoms with Gasteiger partial charge < -0.3 is 0 Å². The van der Waals surface area contributed by atoms with Gasteiger partial charge in [0.2, 0.25) is 0 Å². The van der Waals surface area contributed by atoms with Crippen LogP contribution in [0.25, 0.3) is 6.08 Å². The van der Waals surface area contributed by atoms with Crippen molar-refractivity contribution in [2.24, 2.45) is 5.92 Å². The monoisotopic (exact) mass is 216 g/mol. The second-order valence-corrected chi connectivity index (χ2v) is 6.02. The van der Waals surface area contributed by atoms with Crippen molar-refractivity contribution in [3.8, 4) is 0 Å². The maximum Gasteiger partial charge on any atom is -0.0132 e. The first-order valence-electron chi connectivity index (χ1n) is 6.10. The molecule has 0 bridgehead atoms. The van der Waals surface area contributed by atoms with Crippen molar-refractivity contribution < 1.29 is 0 Å². The summed E-state index contributed by atoms with van der Waals surface area (Å²) in [6.45, 7) is 15.2. The minimum Gasteiger partial charge on any atom is -0.0985 e. The zero-order chi connectivity index (χ0) is 12.3. The zero-order valence-corrected chi connectivity index (χ0v) is 11.3. The van der Waals surface area contributed by atoms with E-state index >= 15 is 0 Å². The van der Waals surface area contributed by atoms with Crippen LogP contribution in [0.4, 0.5) is 0 Å². The van der Waals surface area contributed by atoms with Crippen LogP contribution in [-0.4, -0.2) is 0 Å². The van der Waals surface area contributed by atoms with E-state index in [9.17, 15) is 0 Å². The Labute approximate surface area is 100 Å². The third-order valence-corrected chi connectivity index (χ3v) is 2.76. The van der Waals surface area contributed by atoms with Gasteiger partial charge in [0, 0.05) is 0 Å². The van der Waals surface area contributed by atoms with Gasteiger partial charge in [-0.1, -0.05) is 65.5 Å². The van der Waals surface area contributed by atoms with E-state index in [1.807, 2.05) is 6.08 Å². The lowest BCUT2D eigenvalue weighted by molar-refractivity contribution is 0.586. The zero-order valence-electron chi connectivity index (χ0n) is 11.3. The van der Waals surface area contributed by atoms with Gasteiger partial charge in [0.05, 0.1) is 0 Å². The third kappa shape index (κ3) is 3.52. The molecule has 0 spiro atoms. The number of benzene rings is 1. The lowest BCUT2D eigenvalue weighted by atomic mass is 9.84. The van der Waals surface area contributed by atoms with E-state index in [-0.39, 0.29) is 5.41 Å². The van der Waals surface area contributed by atoms with Crippen LogP contribution in [0.2, 0.25) is 0 Å². The number of rotatable bonds is 3. The first-order chi connectivity index (χ1) is 7.32. The summed E-state index contributed by atoms with van der Waals surface area (Å²) < 4.78 is 0. The molecule has 0 radical (unpaired) electrons. The van der Waals surface area contributed by atoms with Crippen LogP contribution in [0.3, 0.4) is 0 Å². The van der Waals surface area contributed by atoms with Gasteiger partial charge in [-0.15, -0.1) is 0 Å². The smallest absolute Gasteiger partial charge is 0.0132 e. The van der Waals surface area contributed by atoms with Crippen molar-refractivity contribution in [2.45, 2.75) is 46.5 Å². The minimum atomic E-state index is 0.213. The number of hydrogen-bond donors (Lipinski definition) is 0. The topological polar surface area (TPSA) is 0 Å². The summed E-state index contributed by atoms with van der Waals surface area (Å²) in [4.78, 5) is 0. The molecular formula is C16H24. The van der Waals surface area contributed by atoms with Crippen LogP contribution in [-0.2, 0) is 11.8 Å². The van der Waals surface area contributed by atoms with E-state index in [1.165, 1.54) is 16.7 Å². The Kier molecular flexibility index (Phi) is 3.96. The maximum absolute atomic E-state index is 3.87. The van der Waals surface area contributed by atoms with Gasteiger partial charge in [0.1, 0.15) is 0 Å². The molecule has 0 fully saturated rings. The molecule has 0 saturated heterocycles. The van der Waals surface area contributed by atoms with Gasteiger partial charge in [-0.05, 0) is 34.4 Å². The quantitative estimate of drug-likeness (QED) is 0.679. The van der Waals surface area contributed by atoms with E-state index in [0.717, 1.165) is 6.42 Å². The standard InChI is InChI=1S/C16H24/c1-7-13-9-14(8-12(2)3)11-15(10-13)16(4,5)6/h7,9-12H,1,8H2,2-6H3. The fourth-order valence-electron chi connectivity index (χ4n) is 1.86. The highest BCUT2D eigenvalue weighted by Crippen LogP contribution is 2.26. The van der Waals surface area contributed by atoms with E-state index in [1.54, 1.807) is 0 Å². The molecule has 0 heteroatoms. The normalized spacial score (nSPS) is 11.9. The number of hydrogen-bond acceptors (Lipinski definition) is 0. The van der Waals surface area contributed by atoms with Crippen molar-refractivity contribution >= 4 is 6.08 Å². The first kappa shape index (κ1) is 13.0. The Morgan fingerprint density at radius 3 is 2.25 bits per heavy atom. The highest BCUT2D eigenvalue weighted by Gasteiger charge is 2.15. The molecule has 0 amide bonds. The van der Waals surface area contributed by atoms with Gasteiger partial charge in [-0.3, -0.25) is 0 Å². The fraction of sp³-hybridized carbons (Fsp3) is 0.500. The summed E-state index contributed by atoms with van der Waals surface area (Å²) >= 11 is 0. The van der Waals surface area contributed by atoms with Gasteiger partial charge in [-0.2, -0.15) is 0 Å². The molecule has 0 atom stereocenters. The molecule has 1 rings (SSSR count). The van der Waals surface area contributed by atoms with Crippen LogP contribution in [0, 0.1) is 5.92 Å². The Balaban J connectivity index is 3.16. The van der Waals surface area contributed by atoms with Crippen molar-refractivity contribution in [1.82, 2.24) is 0 Å². The van der Waals surface area contributed by atoms with Crippen LogP contribution in [0.15, 0.2) is 24.8 Å². The lowest BCUT2D eigenvalue weighted by Crippen LogP contribution is -2.12. The molecule has 0 heterocycles. The highest BCUT2D eigenvalue weighted by molar-refractivity contribution is 5.51. The molecule has 0 aromatic heterocycles. The van der Waals surface area contributed by atoms with E-state index in [0.29, 0.717) is 5.92 Å². The average Bonchev–Trinajstić information content (AvgIpc) is 2.14. The molecule has 16 heavy (non-hydrogen) atoms. The predicted molar refractivity (Wildman–Crippen MR) is 73.8 cm³/mol. The third-order valence-electron chi connectivity index (χ3n) is 2.76. The van der Waals surface area contributed by atoms with Crippen molar-refractivity contribution in [3.05, 3.63) is 41.5 Å². The second-order valence-electron chi connectivity index (χ2n) is 6.02. The lowest BCUT2D eigenvalue weighted by Gasteiger charge is -2.21. The van der Waals surface area contributed by atoms with Gasteiger partial charge >= 0.3 is 0 Å². The minimum absolute atomic E-state index is 0.213. The Morgan fingerprint density at radius 1 is 1.19 bits per heavy atom. The molecule has 0 aliphatic heterocycles. The molecule has 0 unspecified atom stereocenters. The van der Waals surface area contributed by atoms with Gasteiger partial charge in [0.15, 0.2) is 0 Å². The summed E-state index contributed by atoms with van der Waals surface area (Å²) in [5, 5.41) is 0. The second kappa shape index (κ2) is 4.86. The van der Waals surface area contributed by atoms with Crippen LogP contribution in [0.5, 0.6) is 0 Å². The molecule has 0 N–H and O–H groups in total.